The number of carbonyl (C=O) groups is 1. The molecular weight excluding hydrogens is 320 g/mol. The number of ether oxygens (including phenoxy) is 2. The fourth-order valence-electron chi connectivity index (χ4n) is 2.23. The number of likely N-dealkylation sites (tertiary alicyclic amines) is 1. The summed E-state index contributed by atoms with van der Waals surface area (Å²) < 4.78 is 39.0. The lowest BCUT2D eigenvalue weighted by molar-refractivity contribution is -0.137. The van der Waals surface area contributed by atoms with Crippen LogP contribution in [0.1, 0.15) is 32.9 Å². The first-order chi connectivity index (χ1) is 11.1. The number of hydrogen-bond donors (Lipinski definition) is 0. The highest BCUT2D eigenvalue weighted by Gasteiger charge is 2.48. The third-order valence-electron chi connectivity index (χ3n) is 3.31. The molecule has 0 radical (unpaired) electrons. The van der Waals surface area contributed by atoms with E-state index < -0.39 is 30.3 Å². The van der Waals surface area contributed by atoms with Crippen molar-refractivity contribution in [1.82, 2.24) is 9.88 Å². The molecule has 1 aliphatic heterocycles. The molecule has 24 heavy (non-hydrogen) atoms. The second kappa shape index (κ2) is 6.59. The van der Waals surface area contributed by atoms with E-state index in [1.807, 2.05) is 6.07 Å². The van der Waals surface area contributed by atoms with Crippen LogP contribution in [0.5, 0.6) is 5.75 Å². The zero-order valence-electron chi connectivity index (χ0n) is 13.8. The van der Waals surface area contributed by atoms with Gasteiger partial charge < -0.3 is 14.4 Å². The number of pyridine rings is 1. The predicted octanol–water partition coefficient (Wildman–Crippen LogP) is 2.98. The second-order valence-electron chi connectivity index (χ2n) is 6.55. The summed E-state index contributed by atoms with van der Waals surface area (Å²) in [6.07, 6.45) is -0.937. The van der Waals surface area contributed by atoms with Gasteiger partial charge in [0, 0.05) is 13.0 Å². The van der Waals surface area contributed by atoms with Crippen molar-refractivity contribution in [3.63, 3.8) is 0 Å². The second-order valence-corrected chi connectivity index (χ2v) is 6.55. The van der Waals surface area contributed by atoms with Crippen molar-refractivity contribution in [3.05, 3.63) is 24.0 Å². The van der Waals surface area contributed by atoms with Gasteiger partial charge >= 0.3 is 12.0 Å². The molecule has 0 bridgehead atoms. The van der Waals surface area contributed by atoms with Gasteiger partial charge in [-0.25, -0.2) is 18.6 Å². The highest BCUT2D eigenvalue weighted by molar-refractivity contribution is 5.68. The van der Waals surface area contributed by atoms with Gasteiger partial charge in [-0.15, -0.1) is 0 Å². The number of amides is 1. The van der Waals surface area contributed by atoms with E-state index in [9.17, 15) is 13.6 Å². The van der Waals surface area contributed by atoms with Crippen molar-refractivity contribution in [2.24, 2.45) is 0 Å². The SMILES string of the molecule is CC(C)(C)OC(=O)N1CCC(Oc2ccc(C#N)nc2)C(F)(F)C1. The third kappa shape index (κ3) is 4.54. The molecule has 6 nitrogen and oxygen atoms in total. The highest BCUT2D eigenvalue weighted by Crippen LogP contribution is 2.31. The molecule has 1 aliphatic rings. The maximum absolute atomic E-state index is 14.3. The third-order valence-corrected chi connectivity index (χ3v) is 3.31. The molecule has 1 amide bonds. The molecule has 0 aliphatic carbocycles. The standard InChI is InChI=1S/C16H19F2N3O3/c1-15(2,3)24-14(22)21-7-6-13(16(17,18)10-21)23-12-5-4-11(8-19)20-9-12/h4-5,9,13H,6-7,10H2,1-3H3. The quantitative estimate of drug-likeness (QED) is 0.828. The Morgan fingerprint density at radius 3 is 2.67 bits per heavy atom. The summed E-state index contributed by atoms with van der Waals surface area (Å²) in [4.78, 5) is 16.7. The van der Waals surface area contributed by atoms with Gasteiger partial charge in [-0.05, 0) is 32.9 Å². The van der Waals surface area contributed by atoms with Crippen LogP contribution in [0.15, 0.2) is 18.3 Å². The van der Waals surface area contributed by atoms with Crippen molar-refractivity contribution in [2.75, 3.05) is 13.1 Å². The van der Waals surface area contributed by atoms with Crippen molar-refractivity contribution in [3.8, 4) is 11.8 Å². The van der Waals surface area contributed by atoms with E-state index in [-0.39, 0.29) is 24.4 Å². The average molecular weight is 339 g/mol. The van der Waals surface area contributed by atoms with Crippen LogP contribution in [0.3, 0.4) is 0 Å². The van der Waals surface area contributed by atoms with Crippen molar-refractivity contribution < 1.29 is 23.0 Å². The molecule has 1 aromatic rings. The minimum absolute atomic E-state index is 0.0355. The number of hydrogen-bond acceptors (Lipinski definition) is 5. The summed E-state index contributed by atoms with van der Waals surface area (Å²) >= 11 is 0. The fraction of sp³-hybridized carbons (Fsp3) is 0.562. The van der Waals surface area contributed by atoms with E-state index in [4.69, 9.17) is 14.7 Å². The molecule has 1 aromatic heterocycles. The van der Waals surface area contributed by atoms with Gasteiger partial charge in [0.2, 0.25) is 0 Å². The lowest BCUT2D eigenvalue weighted by Gasteiger charge is -2.38. The van der Waals surface area contributed by atoms with Crippen LogP contribution in [0.4, 0.5) is 13.6 Å². The molecule has 1 atom stereocenters. The van der Waals surface area contributed by atoms with Gasteiger partial charge in [0.15, 0.2) is 6.10 Å². The van der Waals surface area contributed by atoms with Gasteiger partial charge in [0.1, 0.15) is 23.1 Å². The van der Waals surface area contributed by atoms with Crippen LogP contribution in [0.25, 0.3) is 0 Å². The van der Waals surface area contributed by atoms with Crippen molar-refractivity contribution in [2.45, 2.75) is 44.8 Å². The molecule has 0 aromatic carbocycles. The van der Waals surface area contributed by atoms with Gasteiger partial charge in [0.05, 0.1) is 12.7 Å². The average Bonchev–Trinajstić information content (AvgIpc) is 2.48. The number of nitrogens with zero attached hydrogens (tertiary/aromatic N) is 3. The van der Waals surface area contributed by atoms with E-state index >= 15 is 0 Å². The molecule has 130 valence electrons. The predicted molar refractivity (Wildman–Crippen MR) is 80.7 cm³/mol. The first-order valence-corrected chi connectivity index (χ1v) is 7.49. The molecular formula is C16H19F2N3O3. The van der Waals surface area contributed by atoms with Crippen molar-refractivity contribution >= 4 is 6.09 Å². The smallest absolute Gasteiger partial charge is 0.410 e. The molecule has 1 unspecified atom stereocenters. The fourth-order valence-corrected chi connectivity index (χ4v) is 2.23. The van der Waals surface area contributed by atoms with E-state index in [0.29, 0.717) is 0 Å². The van der Waals surface area contributed by atoms with Crippen LogP contribution < -0.4 is 4.74 Å². The number of halogens is 2. The number of piperidine rings is 1. The number of nitriles is 1. The van der Waals surface area contributed by atoms with Gasteiger partial charge in [-0.3, -0.25) is 0 Å². The summed E-state index contributed by atoms with van der Waals surface area (Å²) in [6.45, 7) is 4.37. The Kier molecular flexibility index (Phi) is 4.92. The van der Waals surface area contributed by atoms with Gasteiger partial charge in [-0.2, -0.15) is 5.26 Å². The number of carbonyl (C=O) groups excluding carboxylic acids is 1. The van der Waals surface area contributed by atoms with Crippen LogP contribution in [0.2, 0.25) is 0 Å². The van der Waals surface area contributed by atoms with E-state index in [0.717, 1.165) is 4.90 Å². The number of aromatic nitrogens is 1. The molecule has 1 fully saturated rings. The van der Waals surface area contributed by atoms with E-state index in [2.05, 4.69) is 4.98 Å². The molecule has 0 N–H and O–H groups in total. The monoisotopic (exact) mass is 339 g/mol. The maximum Gasteiger partial charge on any atom is 0.410 e. The molecule has 0 spiro atoms. The minimum atomic E-state index is -3.22. The molecule has 8 heteroatoms. The zero-order chi connectivity index (χ0) is 18.0. The Labute approximate surface area is 139 Å². The minimum Gasteiger partial charge on any atom is -0.482 e. The topological polar surface area (TPSA) is 75.4 Å². The summed E-state index contributed by atoms with van der Waals surface area (Å²) in [7, 11) is 0. The molecule has 1 saturated heterocycles. The first kappa shape index (κ1) is 17.9. The van der Waals surface area contributed by atoms with Crippen LogP contribution in [0, 0.1) is 11.3 Å². The Hall–Kier alpha value is -2.43. The summed E-state index contributed by atoms with van der Waals surface area (Å²) in [5.41, 5.74) is -0.567. The van der Waals surface area contributed by atoms with Gasteiger partial charge in [-0.1, -0.05) is 0 Å². The lowest BCUT2D eigenvalue weighted by Crippen LogP contribution is -2.56. The summed E-state index contributed by atoms with van der Waals surface area (Å²) in [5.74, 6) is -3.06. The number of alkyl halides is 2. The number of rotatable bonds is 2. The summed E-state index contributed by atoms with van der Waals surface area (Å²) in [6, 6.07) is 4.65. The zero-order valence-corrected chi connectivity index (χ0v) is 13.8. The van der Waals surface area contributed by atoms with Crippen LogP contribution >= 0.6 is 0 Å². The Morgan fingerprint density at radius 1 is 1.46 bits per heavy atom. The van der Waals surface area contributed by atoms with E-state index in [1.165, 1.54) is 18.3 Å². The van der Waals surface area contributed by atoms with Gasteiger partial charge in [0.25, 0.3) is 0 Å². The largest absolute Gasteiger partial charge is 0.482 e. The maximum atomic E-state index is 14.3. The Bertz CT molecular complexity index is 635. The highest BCUT2D eigenvalue weighted by atomic mass is 19.3. The normalized spacial score (nSPS) is 20.2. The first-order valence-electron chi connectivity index (χ1n) is 7.49. The summed E-state index contributed by atoms with van der Waals surface area (Å²) in [5, 5.41) is 8.67. The molecule has 2 rings (SSSR count). The lowest BCUT2D eigenvalue weighted by atomic mass is 10.0. The van der Waals surface area contributed by atoms with Crippen LogP contribution in [-0.4, -0.2) is 46.7 Å². The Balaban J connectivity index is 2.00. The van der Waals surface area contributed by atoms with Crippen LogP contribution in [-0.2, 0) is 4.74 Å². The molecule has 2 heterocycles. The molecule has 0 saturated carbocycles. The van der Waals surface area contributed by atoms with Crippen molar-refractivity contribution in [1.29, 1.82) is 5.26 Å². The van der Waals surface area contributed by atoms with E-state index in [1.54, 1.807) is 20.8 Å². The Morgan fingerprint density at radius 2 is 2.17 bits per heavy atom.